The minimum absolute atomic E-state index is 0.186. The predicted octanol–water partition coefficient (Wildman–Crippen LogP) is 5.77. The average molecular weight is 456 g/mol. The topological polar surface area (TPSA) is 94.4 Å². The summed E-state index contributed by atoms with van der Waals surface area (Å²) in [5.74, 6) is 0.187. The van der Waals surface area contributed by atoms with Gasteiger partial charge in [-0.1, -0.05) is 35.0 Å². The highest BCUT2D eigenvalue weighted by molar-refractivity contribution is 8.01. The minimum Gasteiger partial charge on any atom is -0.497 e. The molecule has 0 atom stereocenters. The molecule has 0 aliphatic heterocycles. The molecule has 28 heavy (non-hydrogen) atoms. The Bertz CT molecular complexity index is 1020. The summed E-state index contributed by atoms with van der Waals surface area (Å²) < 4.78 is 5.36. The van der Waals surface area contributed by atoms with Crippen LogP contribution in [0.4, 0.5) is 11.4 Å². The number of nitrogens with one attached hydrogen (secondary N) is 1. The molecule has 0 saturated carbocycles. The van der Waals surface area contributed by atoms with Crippen molar-refractivity contribution in [3.63, 3.8) is 0 Å². The maximum atomic E-state index is 12.5. The Morgan fingerprint density at radius 2 is 1.89 bits per heavy atom. The van der Waals surface area contributed by atoms with Crippen molar-refractivity contribution in [2.24, 2.45) is 0 Å². The summed E-state index contributed by atoms with van der Waals surface area (Å²) in [5.41, 5.74) is 0.343. The lowest BCUT2D eigenvalue weighted by atomic mass is 10.3. The van der Waals surface area contributed by atoms with Crippen LogP contribution >= 0.6 is 46.3 Å². The average Bonchev–Trinajstić information content (AvgIpc) is 3.10. The highest BCUT2D eigenvalue weighted by atomic mass is 35.5. The van der Waals surface area contributed by atoms with E-state index >= 15 is 0 Å². The van der Waals surface area contributed by atoms with E-state index in [-0.39, 0.29) is 20.6 Å². The molecule has 0 bridgehead atoms. The predicted molar refractivity (Wildman–Crippen MR) is 110 cm³/mol. The number of amides is 1. The van der Waals surface area contributed by atoms with E-state index in [1.165, 1.54) is 18.5 Å². The van der Waals surface area contributed by atoms with Gasteiger partial charge in [-0.25, -0.2) is 0 Å². The van der Waals surface area contributed by atoms with Crippen LogP contribution in [0.25, 0.3) is 0 Å². The third-order valence-corrected chi connectivity index (χ3v) is 6.71. The Morgan fingerprint density at radius 3 is 2.46 bits per heavy atom. The molecule has 0 unspecified atom stereocenters. The van der Waals surface area contributed by atoms with E-state index in [2.05, 4.69) is 10.3 Å². The molecule has 1 aromatic carbocycles. The van der Waals surface area contributed by atoms with Crippen LogP contribution in [-0.4, -0.2) is 22.9 Å². The summed E-state index contributed by atoms with van der Waals surface area (Å²) in [4.78, 5) is 27.9. The number of ether oxygens (including phenoxy) is 1. The van der Waals surface area contributed by atoms with Crippen LogP contribution < -0.4 is 10.1 Å². The van der Waals surface area contributed by atoms with Crippen LogP contribution in [0.3, 0.4) is 0 Å². The first-order valence-electron chi connectivity index (χ1n) is 7.59. The lowest BCUT2D eigenvalue weighted by Crippen LogP contribution is -2.09. The van der Waals surface area contributed by atoms with Crippen molar-refractivity contribution in [3.05, 3.63) is 67.8 Å². The van der Waals surface area contributed by atoms with Crippen molar-refractivity contribution in [1.29, 1.82) is 0 Å². The van der Waals surface area contributed by atoms with Crippen LogP contribution in [0.2, 0.25) is 10.0 Å². The number of methoxy groups -OCH3 is 1. The number of anilines is 1. The molecular weight excluding hydrogens is 445 g/mol. The zero-order valence-corrected chi connectivity index (χ0v) is 17.3. The van der Waals surface area contributed by atoms with Gasteiger partial charge in [0.1, 0.15) is 14.8 Å². The van der Waals surface area contributed by atoms with Crippen molar-refractivity contribution < 1.29 is 14.5 Å². The SMILES string of the molecule is COc1ccc(NC(=O)c2cc([N+](=O)[O-])c(Sc3c(Cl)cncc3Cl)s2)cc1. The molecule has 144 valence electrons. The summed E-state index contributed by atoms with van der Waals surface area (Å²) in [7, 11) is 1.54. The number of pyridine rings is 1. The molecule has 0 spiro atoms. The number of carbonyl (C=O) groups is 1. The van der Waals surface area contributed by atoms with E-state index in [0.29, 0.717) is 20.5 Å². The van der Waals surface area contributed by atoms with Crippen molar-refractivity contribution >= 4 is 63.6 Å². The molecule has 1 amide bonds. The Kier molecular flexibility index (Phi) is 6.40. The standard InChI is InChI=1S/C17H11Cl2N3O4S2/c1-26-10-4-2-9(3-5-10)21-16(23)14-6-13(22(24)25)17(27-14)28-15-11(18)7-20-8-12(15)19/h2-8H,1H3,(H,21,23). The monoisotopic (exact) mass is 455 g/mol. The Morgan fingerprint density at radius 1 is 1.25 bits per heavy atom. The molecule has 3 rings (SSSR count). The largest absolute Gasteiger partial charge is 0.497 e. The molecule has 2 aromatic heterocycles. The number of thiophene rings is 1. The molecule has 11 heteroatoms. The number of benzene rings is 1. The van der Waals surface area contributed by atoms with E-state index in [9.17, 15) is 14.9 Å². The van der Waals surface area contributed by atoms with Crippen molar-refractivity contribution in [3.8, 4) is 5.75 Å². The molecule has 0 radical (unpaired) electrons. The van der Waals surface area contributed by atoms with Crippen molar-refractivity contribution in [2.45, 2.75) is 9.10 Å². The second-order valence-electron chi connectivity index (χ2n) is 5.26. The minimum atomic E-state index is -0.550. The molecule has 0 aliphatic rings. The number of nitro groups is 1. The molecule has 3 aromatic rings. The van der Waals surface area contributed by atoms with Gasteiger partial charge in [0.15, 0.2) is 0 Å². The van der Waals surface area contributed by atoms with E-state index in [1.807, 2.05) is 0 Å². The Hall–Kier alpha value is -2.33. The third kappa shape index (κ3) is 4.56. The zero-order valence-electron chi connectivity index (χ0n) is 14.1. The number of hydrogen-bond donors (Lipinski definition) is 1. The van der Waals surface area contributed by atoms with Gasteiger partial charge in [-0.15, -0.1) is 11.3 Å². The van der Waals surface area contributed by atoms with Gasteiger partial charge >= 0.3 is 0 Å². The van der Waals surface area contributed by atoms with Gasteiger partial charge in [0.25, 0.3) is 11.6 Å². The Labute approximate surface area is 177 Å². The molecule has 0 aliphatic carbocycles. The number of halogens is 2. The third-order valence-electron chi connectivity index (χ3n) is 3.45. The fourth-order valence-electron chi connectivity index (χ4n) is 2.13. The summed E-state index contributed by atoms with van der Waals surface area (Å²) >= 11 is 14.2. The van der Waals surface area contributed by atoms with E-state index in [0.717, 1.165) is 23.1 Å². The number of hydrogen-bond acceptors (Lipinski definition) is 7. The normalized spacial score (nSPS) is 10.5. The zero-order chi connectivity index (χ0) is 20.3. The fraction of sp³-hybridized carbons (Fsp3) is 0.0588. The molecule has 1 N–H and O–H groups in total. The van der Waals surface area contributed by atoms with Crippen LogP contribution in [-0.2, 0) is 0 Å². The van der Waals surface area contributed by atoms with Crippen molar-refractivity contribution in [2.75, 3.05) is 12.4 Å². The van der Waals surface area contributed by atoms with Crippen LogP contribution in [0.15, 0.2) is 51.8 Å². The second kappa shape index (κ2) is 8.78. The summed E-state index contributed by atoms with van der Waals surface area (Å²) in [6, 6.07) is 7.97. The highest BCUT2D eigenvalue weighted by Gasteiger charge is 2.25. The molecular formula is C17H11Cl2N3O4S2. The lowest BCUT2D eigenvalue weighted by molar-refractivity contribution is -0.387. The van der Waals surface area contributed by atoms with Crippen molar-refractivity contribution in [1.82, 2.24) is 4.98 Å². The maximum absolute atomic E-state index is 12.5. The smallest absolute Gasteiger partial charge is 0.294 e. The van der Waals surface area contributed by atoms with E-state index in [4.69, 9.17) is 27.9 Å². The summed E-state index contributed by atoms with van der Waals surface area (Å²) in [6.07, 6.45) is 2.79. The van der Waals surface area contributed by atoms with Gasteiger partial charge in [0.05, 0.1) is 27.0 Å². The van der Waals surface area contributed by atoms with Gasteiger partial charge < -0.3 is 10.1 Å². The molecule has 0 saturated heterocycles. The first kappa shape index (κ1) is 20.4. The number of aromatic nitrogens is 1. The molecule has 0 fully saturated rings. The van der Waals surface area contributed by atoms with Crippen LogP contribution in [0, 0.1) is 10.1 Å². The first-order valence-corrected chi connectivity index (χ1v) is 9.98. The first-order chi connectivity index (χ1) is 13.4. The summed E-state index contributed by atoms with van der Waals surface area (Å²) in [6.45, 7) is 0. The van der Waals surface area contributed by atoms with E-state index in [1.54, 1.807) is 31.4 Å². The van der Waals surface area contributed by atoms with Crippen LogP contribution in [0.1, 0.15) is 9.67 Å². The maximum Gasteiger partial charge on any atom is 0.294 e. The van der Waals surface area contributed by atoms with Gasteiger partial charge in [0.2, 0.25) is 0 Å². The van der Waals surface area contributed by atoms with Gasteiger partial charge in [-0.2, -0.15) is 0 Å². The highest BCUT2D eigenvalue weighted by Crippen LogP contribution is 2.45. The molecule has 2 heterocycles. The van der Waals surface area contributed by atoms with Gasteiger partial charge in [0, 0.05) is 24.1 Å². The van der Waals surface area contributed by atoms with E-state index < -0.39 is 10.8 Å². The Balaban J connectivity index is 1.87. The lowest BCUT2D eigenvalue weighted by Gasteiger charge is -2.05. The summed E-state index contributed by atoms with van der Waals surface area (Å²) in [5, 5.41) is 14.7. The molecule has 7 nitrogen and oxygen atoms in total. The fourth-order valence-corrected chi connectivity index (χ4v) is 4.89. The second-order valence-corrected chi connectivity index (χ2v) is 8.40. The number of nitrogens with zero attached hydrogens (tertiary/aromatic N) is 2. The van der Waals surface area contributed by atoms with Gasteiger partial charge in [-0.05, 0) is 24.3 Å². The number of carbonyl (C=O) groups excluding carboxylic acids is 1. The van der Waals surface area contributed by atoms with Crippen LogP contribution in [0.5, 0.6) is 5.75 Å². The number of rotatable bonds is 6. The van der Waals surface area contributed by atoms with Gasteiger partial charge in [-0.3, -0.25) is 19.9 Å². The quantitative estimate of drug-likeness (QED) is 0.374.